The number of amides is 1. The van der Waals surface area contributed by atoms with Crippen molar-refractivity contribution in [1.82, 2.24) is 9.80 Å². The highest BCUT2D eigenvalue weighted by Crippen LogP contribution is 2.48. The van der Waals surface area contributed by atoms with Gasteiger partial charge in [0.15, 0.2) is 5.41 Å². The van der Waals surface area contributed by atoms with Gasteiger partial charge in [-0.2, -0.15) is 5.26 Å². The van der Waals surface area contributed by atoms with Gasteiger partial charge < -0.3 is 14.4 Å². The Kier molecular flexibility index (Phi) is 8.50. The average molecular weight is 526 g/mol. The summed E-state index contributed by atoms with van der Waals surface area (Å²) in [6.45, 7) is 2.92. The number of hydrogen-bond donors (Lipinski definition) is 0. The molecule has 2 fully saturated rings. The Morgan fingerprint density at radius 1 is 0.923 bits per heavy atom. The lowest BCUT2D eigenvalue weighted by molar-refractivity contribution is -0.144. The number of ether oxygens (including phenoxy) is 2. The molecule has 5 rings (SSSR count). The number of carbonyl (C=O) groups is 1. The van der Waals surface area contributed by atoms with Gasteiger partial charge in [-0.25, -0.2) is 0 Å². The number of methoxy groups -OCH3 is 2. The molecular weight excluding hydrogens is 486 g/mol. The molecule has 1 heterocycles. The molecule has 0 aromatic heterocycles. The number of fused-ring (bicyclic) bond motifs is 1. The molecule has 0 spiro atoms. The van der Waals surface area contributed by atoms with Crippen LogP contribution in [0.3, 0.4) is 0 Å². The monoisotopic (exact) mass is 525 g/mol. The predicted octanol–water partition coefficient (Wildman–Crippen LogP) is 5.61. The number of benzene rings is 3. The van der Waals surface area contributed by atoms with E-state index in [4.69, 9.17) is 9.47 Å². The molecule has 3 aromatic rings. The molecule has 1 aliphatic carbocycles. The normalized spacial score (nSPS) is 19.3. The summed E-state index contributed by atoms with van der Waals surface area (Å²) in [5.74, 6) is -0.103. The third-order valence-electron chi connectivity index (χ3n) is 8.72. The highest BCUT2D eigenvalue weighted by atomic mass is 16.5. The van der Waals surface area contributed by atoms with Crippen molar-refractivity contribution in [2.75, 3.05) is 47.0 Å². The Labute approximate surface area is 232 Å². The average Bonchev–Trinajstić information content (AvgIpc) is 3.01. The van der Waals surface area contributed by atoms with Gasteiger partial charge in [-0.3, -0.25) is 9.69 Å². The van der Waals surface area contributed by atoms with Crippen LogP contribution in [-0.4, -0.2) is 68.8 Å². The Morgan fingerprint density at radius 3 is 2.31 bits per heavy atom. The van der Waals surface area contributed by atoms with E-state index in [9.17, 15) is 10.1 Å². The van der Waals surface area contributed by atoms with Crippen LogP contribution in [0, 0.1) is 16.7 Å². The van der Waals surface area contributed by atoms with E-state index in [1.807, 2.05) is 53.4 Å². The molecule has 1 saturated heterocycles. The van der Waals surface area contributed by atoms with Crippen LogP contribution in [0.25, 0.3) is 10.8 Å². The number of carbonyl (C=O) groups excluding carboxylic acids is 1. The Bertz CT molecular complexity index is 1320. The molecule has 1 aliphatic heterocycles. The minimum atomic E-state index is -1.47. The zero-order chi connectivity index (χ0) is 27.2. The topological polar surface area (TPSA) is 65.8 Å². The first kappa shape index (κ1) is 27.2. The Hall–Kier alpha value is -3.40. The second-order valence-electron chi connectivity index (χ2n) is 10.9. The van der Waals surface area contributed by atoms with Crippen molar-refractivity contribution in [3.63, 3.8) is 0 Å². The number of piperazine rings is 1. The number of nitriles is 1. The molecule has 6 heteroatoms. The van der Waals surface area contributed by atoms with Gasteiger partial charge in [0.25, 0.3) is 0 Å². The van der Waals surface area contributed by atoms with E-state index >= 15 is 0 Å². The van der Waals surface area contributed by atoms with E-state index < -0.39 is 11.3 Å². The number of nitrogens with zero attached hydrogens (tertiary/aromatic N) is 3. The van der Waals surface area contributed by atoms with E-state index in [-0.39, 0.29) is 12.5 Å². The molecule has 39 heavy (non-hydrogen) atoms. The summed E-state index contributed by atoms with van der Waals surface area (Å²) in [7, 11) is 3.21. The standard InChI is InChI=1S/C33H39N3O3/c1-38-24-33(23-34,32(37)36-21-19-35(20-22-36)26-13-4-3-5-14-26)31(29-16-8-9-18-30(29)39-2)28-17-10-12-25-11-6-7-15-27(25)28/h6-12,15-18,26,31H,3-5,13-14,19-22,24H2,1-2H3/t31?,33-/m1/s1. The first-order chi connectivity index (χ1) is 19.1. The first-order valence-electron chi connectivity index (χ1n) is 14.2. The van der Waals surface area contributed by atoms with Gasteiger partial charge in [0, 0.05) is 50.8 Å². The van der Waals surface area contributed by atoms with Gasteiger partial charge in [-0.1, -0.05) is 79.9 Å². The first-order valence-corrected chi connectivity index (χ1v) is 14.2. The number of rotatable bonds is 8. The van der Waals surface area contributed by atoms with Crippen molar-refractivity contribution in [3.05, 3.63) is 77.9 Å². The number of para-hydroxylation sites is 1. The fourth-order valence-electron chi connectivity index (χ4n) is 6.76. The van der Waals surface area contributed by atoms with E-state index in [0.717, 1.165) is 35.0 Å². The van der Waals surface area contributed by atoms with Gasteiger partial charge in [0.2, 0.25) is 5.91 Å². The summed E-state index contributed by atoms with van der Waals surface area (Å²) in [6.07, 6.45) is 6.41. The van der Waals surface area contributed by atoms with Gasteiger partial charge in [-0.05, 0) is 35.2 Å². The fourth-order valence-corrected chi connectivity index (χ4v) is 6.76. The lowest BCUT2D eigenvalue weighted by Gasteiger charge is -2.44. The van der Waals surface area contributed by atoms with Crippen LogP contribution < -0.4 is 4.74 Å². The van der Waals surface area contributed by atoms with Crippen molar-refractivity contribution in [2.45, 2.75) is 44.1 Å². The predicted molar refractivity (Wildman–Crippen MR) is 154 cm³/mol. The van der Waals surface area contributed by atoms with Crippen LogP contribution in [0.5, 0.6) is 5.75 Å². The maximum atomic E-state index is 14.6. The van der Waals surface area contributed by atoms with Crippen LogP contribution in [-0.2, 0) is 9.53 Å². The zero-order valence-corrected chi connectivity index (χ0v) is 23.1. The number of hydrogen-bond acceptors (Lipinski definition) is 5. The maximum absolute atomic E-state index is 14.6. The molecule has 3 aromatic carbocycles. The smallest absolute Gasteiger partial charge is 0.246 e. The summed E-state index contributed by atoms with van der Waals surface area (Å²) >= 11 is 0. The molecule has 1 saturated carbocycles. The van der Waals surface area contributed by atoms with Crippen molar-refractivity contribution in [3.8, 4) is 11.8 Å². The van der Waals surface area contributed by atoms with Gasteiger partial charge >= 0.3 is 0 Å². The van der Waals surface area contributed by atoms with Crippen LogP contribution in [0.1, 0.15) is 49.1 Å². The van der Waals surface area contributed by atoms with Crippen molar-refractivity contribution in [2.24, 2.45) is 5.41 Å². The maximum Gasteiger partial charge on any atom is 0.246 e. The van der Waals surface area contributed by atoms with Crippen LogP contribution in [0.2, 0.25) is 0 Å². The molecule has 0 radical (unpaired) electrons. The van der Waals surface area contributed by atoms with Gasteiger partial charge in [0.05, 0.1) is 19.8 Å². The minimum absolute atomic E-state index is 0.0168. The molecule has 6 nitrogen and oxygen atoms in total. The van der Waals surface area contributed by atoms with E-state index in [2.05, 4.69) is 29.2 Å². The summed E-state index contributed by atoms with van der Waals surface area (Å²) in [5.41, 5.74) is 0.259. The van der Waals surface area contributed by atoms with Crippen molar-refractivity contribution in [1.29, 1.82) is 5.26 Å². The molecule has 2 atom stereocenters. The molecule has 0 bridgehead atoms. The summed E-state index contributed by atoms with van der Waals surface area (Å²) in [6, 6.07) is 25.1. The molecule has 204 valence electrons. The Morgan fingerprint density at radius 2 is 1.59 bits per heavy atom. The summed E-state index contributed by atoms with van der Waals surface area (Å²) in [5, 5.41) is 13.0. The molecule has 2 aliphatic rings. The van der Waals surface area contributed by atoms with E-state index in [1.54, 1.807) is 14.2 Å². The highest BCUT2D eigenvalue weighted by Gasteiger charge is 2.51. The molecule has 1 amide bonds. The van der Waals surface area contributed by atoms with Crippen LogP contribution in [0.15, 0.2) is 66.7 Å². The quantitative estimate of drug-likeness (QED) is 0.382. The molecule has 1 unspecified atom stereocenters. The third kappa shape index (κ3) is 5.26. The SMILES string of the molecule is COC[C@@](C#N)(C(=O)N1CCN(C2CCCCC2)CC1)C(c1ccccc1OC)c1cccc2ccccc12. The zero-order valence-electron chi connectivity index (χ0n) is 23.1. The molecular formula is C33H39N3O3. The van der Waals surface area contributed by atoms with Crippen LogP contribution in [0.4, 0.5) is 0 Å². The highest BCUT2D eigenvalue weighted by molar-refractivity contribution is 5.92. The van der Waals surface area contributed by atoms with Crippen LogP contribution >= 0.6 is 0 Å². The minimum Gasteiger partial charge on any atom is -0.496 e. The van der Waals surface area contributed by atoms with Gasteiger partial charge in [-0.15, -0.1) is 0 Å². The van der Waals surface area contributed by atoms with Crippen molar-refractivity contribution < 1.29 is 14.3 Å². The molecule has 0 N–H and O–H groups in total. The summed E-state index contributed by atoms with van der Waals surface area (Å²) in [4.78, 5) is 19.1. The van der Waals surface area contributed by atoms with E-state index in [0.29, 0.717) is 24.9 Å². The van der Waals surface area contributed by atoms with Gasteiger partial charge in [0.1, 0.15) is 5.75 Å². The van der Waals surface area contributed by atoms with E-state index in [1.165, 1.54) is 32.1 Å². The lowest BCUT2D eigenvalue weighted by atomic mass is 9.67. The fraction of sp³-hybridized carbons (Fsp3) is 0.455. The third-order valence-corrected chi connectivity index (χ3v) is 8.72. The second-order valence-corrected chi connectivity index (χ2v) is 10.9. The van der Waals surface area contributed by atoms with Crippen molar-refractivity contribution >= 4 is 16.7 Å². The largest absolute Gasteiger partial charge is 0.496 e. The second kappa shape index (κ2) is 12.2. The lowest BCUT2D eigenvalue weighted by Crippen LogP contribution is -2.57. The Balaban J connectivity index is 1.58. The summed E-state index contributed by atoms with van der Waals surface area (Å²) < 4.78 is 11.5.